The molecule has 3 nitrogen and oxygen atoms in total. The summed E-state index contributed by atoms with van der Waals surface area (Å²) in [6.45, 7) is 8.45. The summed E-state index contributed by atoms with van der Waals surface area (Å²) < 4.78 is 5.64. The predicted molar refractivity (Wildman–Crippen MR) is 66.3 cm³/mol. The molecule has 0 aromatic carbocycles. The first-order valence-electron chi connectivity index (χ1n) is 6.76. The van der Waals surface area contributed by atoms with Crippen molar-refractivity contribution in [2.75, 3.05) is 26.2 Å². The summed E-state index contributed by atoms with van der Waals surface area (Å²) in [4.78, 5) is 2.63. The highest BCUT2D eigenvalue weighted by Gasteiger charge is 2.32. The molecule has 1 aliphatic heterocycles. The largest absolute Gasteiger partial charge is 0.374 e. The topological polar surface area (TPSA) is 38.5 Å². The number of nitrogens with zero attached hydrogens (tertiary/aromatic N) is 1. The van der Waals surface area contributed by atoms with E-state index in [-0.39, 0.29) is 6.10 Å². The lowest BCUT2D eigenvalue weighted by atomic mass is 9.79. The summed E-state index contributed by atoms with van der Waals surface area (Å²) in [7, 11) is 0. The summed E-state index contributed by atoms with van der Waals surface area (Å²) in [5, 5.41) is 0. The summed E-state index contributed by atoms with van der Waals surface area (Å²) in [6, 6.07) is 0.765. The number of nitrogens with two attached hydrogens (primary N) is 1. The van der Waals surface area contributed by atoms with Crippen LogP contribution < -0.4 is 5.73 Å². The van der Waals surface area contributed by atoms with Crippen molar-refractivity contribution in [2.24, 2.45) is 17.6 Å². The molecule has 94 valence electrons. The van der Waals surface area contributed by atoms with Crippen LogP contribution in [0.4, 0.5) is 0 Å². The minimum Gasteiger partial charge on any atom is -0.374 e. The predicted octanol–water partition coefficient (Wildman–Crippen LogP) is 1.47. The van der Waals surface area contributed by atoms with Crippen LogP contribution in [0.1, 0.15) is 33.1 Å². The molecule has 2 fully saturated rings. The quantitative estimate of drug-likeness (QED) is 0.775. The number of ether oxygens (including phenoxy) is 1. The third-order valence-electron chi connectivity index (χ3n) is 4.32. The summed E-state index contributed by atoms with van der Waals surface area (Å²) in [5.74, 6) is 1.73. The second kappa shape index (κ2) is 5.48. The van der Waals surface area contributed by atoms with E-state index in [2.05, 4.69) is 18.7 Å². The van der Waals surface area contributed by atoms with Crippen LogP contribution in [-0.4, -0.2) is 43.3 Å². The van der Waals surface area contributed by atoms with Crippen molar-refractivity contribution in [2.45, 2.75) is 45.3 Å². The van der Waals surface area contributed by atoms with Crippen molar-refractivity contribution in [1.29, 1.82) is 0 Å². The lowest BCUT2D eigenvalue weighted by Crippen LogP contribution is -2.53. The van der Waals surface area contributed by atoms with Crippen molar-refractivity contribution < 1.29 is 4.74 Å². The van der Waals surface area contributed by atoms with E-state index < -0.39 is 0 Å². The number of rotatable bonds is 2. The van der Waals surface area contributed by atoms with E-state index in [9.17, 15) is 0 Å². The van der Waals surface area contributed by atoms with Gasteiger partial charge < -0.3 is 10.5 Å². The third kappa shape index (κ3) is 2.76. The number of hydrogen-bond acceptors (Lipinski definition) is 3. The van der Waals surface area contributed by atoms with Crippen LogP contribution in [0.3, 0.4) is 0 Å². The SMILES string of the molecule is CC1CCC(C)C(N2CCOC(CN)C2)C1. The normalized spacial score (nSPS) is 42.2. The fraction of sp³-hybridized carbons (Fsp3) is 1.00. The van der Waals surface area contributed by atoms with Crippen LogP contribution in [0.2, 0.25) is 0 Å². The van der Waals surface area contributed by atoms with E-state index >= 15 is 0 Å². The maximum atomic E-state index is 5.71. The molecule has 1 heterocycles. The molecule has 2 N–H and O–H groups in total. The van der Waals surface area contributed by atoms with Gasteiger partial charge in [-0.2, -0.15) is 0 Å². The summed E-state index contributed by atoms with van der Waals surface area (Å²) in [6.07, 6.45) is 4.41. The lowest BCUT2D eigenvalue weighted by Gasteiger charge is -2.44. The van der Waals surface area contributed by atoms with Crippen LogP contribution in [-0.2, 0) is 4.74 Å². The Hall–Kier alpha value is -0.120. The Morgan fingerprint density at radius 2 is 2.12 bits per heavy atom. The molecular formula is C13H26N2O. The Labute approximate surface area is 99.3 Å². The van der Waals surface area contributed by atoms with Gasteiger partial charge in [-0.3, -0.25) is 4.90 Å². The Morgan fingerprint density at radius 3 is 2.88 bits per heavy atom. The lowest BCUT2D eigenvalue weighted by molar-refractivity contribution is -0.0556. The monoisotopic (exact) mass is 226 g/mol. The van der Waals surface area contributed by atoms with Crippen LogP contribution in [0.5, 0.6) is 0 Å². The van der Waals surface area contributed by atoms with Crippen molar-refractivity contribution >= 4 is 0 Å². The van der Waals surface area contributed by atoms with Crippen LogP contribution in [0.25, 0.3) is 0 Å². The second-order valence-electron chi connectivity index (χ2n) is 5.69. The minimum atomic E-state index is 0.262. The van der Waals surface area contributed by atoms with Gasteiger partial charge in [0, 0.05) is 25.7 Å². The molecule has 0 amide bonds. The van der Waals surface area contributed by atoms with E-state index in [1.807, 2.05) is 0 Å². The molecule has 0 radical (unpaired) electrons. The first-order valence-corrected chi connectivity index (χ1v) is 6.76. The van der Waals surface area contributed by atoms with Crippen molar-refractivity contribution in [3.63, 3.8) is 0 Å². The summed E-state index contributed by atoms with van der Waals surface area (Å²) in [5.41, 5.74) is 5.71. The van der Waals surface area contributed by atoms with Gasteiger partial charge in [-0.05, 0) is 24.7 Å². The molecule has 0 spiro atoms. The Morgan fingerprint density at radius 1 is 1.31 bits per heavy atom. The molecule has 0 aromatic rings. The molecule has 1 saturated carbocycles. The highest BCUT2D eigenvalue weighted by molar-refractivity contribution is 4.86. The van der Waals surface area contributed by atoms with Gasteiger partial charge in [0.15, 0.2) is 0 Å². The van der Waals surface area contributed by atoms with Crippen molar-refractivity contribution in [3.05, 3.63) is 0 Å². The highest BCUT2D eigenvalue weighted by Crippen LogP contribution is 2.32. The molecule has 2 aliphatic rings. The Bertz CT molecular complexity index is 222. The van der Waals surface area contributed by atoms with Crippen molar-refractivity contribution in [1.82, 2.24) is 4.90 Å². The molecule has 16 heavy (non-hydrogen) atoms. The molecule has 2 rings (SSSR count). The molecule has 0 aromatic heterocycles. The average Bonchev–Trinajstić information content (AvgIpc) is 2.32. The van der Waals surface area contributed by atoms with E-state index in [1.165, 1.54) is 19.3 Å². The fourth-order valence-corrected chi connectivity index (χ4v) is 3.20. The number of hydrogen-bond donors (Lipinski definition) is 1. The smallest absolute Gasteiger partial charge is 0.0824 e. The number of morpholine rings is 1. The second-order valence-corrected chi connectivity index (χ2v) is 5.69. The average molecular weight is 226 g/mol. The van der Waals surface area contributed by atoms with E-state index in [1.54, 1.807) is 0 Å². The zero-order chi connectivity index (χ0) is 11.5. The fourth-order valence-electron chi connectivity index (χ4n) is 3.20. The zero-order valence-corrected chi connectivity index (χ0v) is 10.7. The van der Waals surface area contributed by atoms with Gasteiger partial charge in [0.2, 0.25) is 0 Å². The van der Waals surface area contributed by atoms with E-state index in [4.69, 9.17) is 10.5 Å². The third-order valence-corrected chi connectivity index (χ3v) is 4.32. The molecule has 1 saturated heterocycles. The van der Waals surface area contributed by atoms with Gasteiger partial charge in [0.25, 0.3) is 0 Å². The first-order chi connectivity index (χ1) is 7.70. The summed E-state index contributed by atoms with van der Waals surface area (Å²) >= 11 is 0. The van der Waals surface area contributed by atoms with Crippen LogP contribution in [0, 0.1) is 11.8 Å². The van der Waals surface area contributed by atoms with Crippen LogP contribution in [0.15, 0.2) is 0 Å². The highest BCUT2D eigenvalue weighted by atomic mass is 16.5. The van der Waals surface area contributed by atoms with E-state index in [0.29, 0.717) is 6.54 Å². The standard InChI is InChI=1S/C13H26N2O/c1-10-3-4-11(2)13(7-10)15-5-6-16-12(8-14)9-15/h10-13H,3-9,14H2,1-2H3. The maximum Gasteiger partial charge on any atom is 0.0824 e. The Balaban J connectivity index is 1.94. The molecular weight excluding hydrogens is 200 g/mol. The van der Waals surface area contributed by atoms with Gasteiger partial charge >= 0.3 is 0 Å². The molecule has 1 aliphatic carbocycles. The molecule has 4 atom stereocenters. The van der Waals surface area contributed by atoms with Crippen LogP contribution >= 0.6 is 0 Å². The van der Waals surface area contributed by atoms with E-state index in [0.717, 1.165) is 37.6 Å². The molecule has 4 unspecified atom stereocenters. The Kier molecular flexibility index (Phi) is 4.22. The maximum absolute atomic E-state index is 5.71. The first kappa shape index (κ1) is 12.3. The van der Waals surface area contributed by atoms with Gasteiger partial charge in [0.1, 0.15) is 0 Å². The van der Waals surface area contributed by atoms with Crippen molar-refractivity contribution in [3.8, 4) is 0 Å². The zero-order valence-electron chi connectivity index (χ0n) is 10.7. The van der Waals surface area contributed by atoms with Gasteiger partial charge in [-0.1, -0.05) is 20.3 Å². The molecule has 3 heteroatoms. The van der Waals surface area contributed by atoms with Gasteiger partial charge in [-0.15, -0.1) is 0 Å². The minimum absolute atomic E-state index is 0.262. The van der Waals surface area contributed by atoms with Gasteiger partial charge in [-0.25, -0.2) is 0 Å². The van der Waals surface area contributed by atoms with Gasteiger partial charge in [0.05, 0.1) is 12.7 Å². The molecule has 0 bridgehead atoms.